The highest BCUT2D eigenvalue weighted by atomic mass is 19.1. The van der Waals surface area contributed by atoms with Gasteiger partial charge in [0.25, 0.3) is 0 Å². The Morgan fingerprint density at radius 1 is 1.44 bits per heavy atom. The molecule has 0 amide bonds. The molecule has 0 radical (unpaired) electrons. The molecule has 3 rings (SSSR count). The molecule has 6 heteroatoms. The minimum atomic E-state index is -0.198. The first-order valence-electron chi connectivity index (χ1n) is 8.98. The van der Waals surface area contributed by atoms with Crippen LogP contribution in [0.4, 0.5) is 4.39 Å². The van der Waals surface area contributed by atoms with Crippen molar-refractivity contribution in [1.29, 1.82) is 0 Å². The maximum Gasteiger partial charge on any atom is 0.193 e. The van der Waals surface area contributed by atoms with E-state index in [9.17, 15) is 4.39 Å². The molecule has 5 nitrogen and oxygen atoms in total. The summed E-state index contributed by atoms with van der Waals surface area (Å²) in [6, 6.07) is 6.91. The smallest absolute Gasteiger partial charge is 0.193 e. The summed E-state index contributed by atoms with van der Waals surface area (Å²) in [5.41, 5.74) is 1.27. The summed E-state index contributed by atoms with van der Waals surface area (Å²) in [5, 5.41) is 3.49. The van der Waals surface area contributed by atoms with Gasteiger partial charge in [0.05, 0.1) is 12.6 Å². The van der Waals surface area contributed by atoms with Crippen molar-refractivity contribution in [3.63, 3.8) is 0 Å². The average molecular weight is 348 g/mol. The summed E-state index contributed by atoms with van der Waals surface area (Å²) in [6.45, 7) is 4.43. The number of benzene rings is 1. The zero-order chi connectivity index (χ0) is 17.9. The van der Waals surface area contributed by atoms with Gasteiger partial charge in [-0.1, -0.05) is 12.1 Å². The van der Waals surface area contributed by atoms with Gasteiger partial charge in [0, 0.05) is 38.7 Å². The molecule has 1 aromatic rings. The van der Waals surface area contributed by atoms with Gasteiger partial charge in [-0.2, -0.15) is 0 Å². The lowest BCUT2D eigenvalue weighted by Crippen LogP contribution is -2.44. The largest absolute Gasteiger partial charge is 0.381 e. The summed E-state index contributed by atoms with van der Waals surface area (Å²) in [6.07, 6.45) is 2.30. The third-order valence-electron chi connectivity index (χ3n) is 5.44. The monoisotopic (exact) mass is 348 g/mol. The lowest BCUT2D eigenvalue weighted by Gasteiger charge is -2.29. The molecule has 2 heterocycles. The van der Waals surface area contributed by atoms with Crippen LogP contribution in [0.25, 0.3) is 0 Å². The van der Waals surface area contributed by atoms with E-state index in [0.717, 1.165) is 50.7 Å². The zero-order valence-electron chi connectivity index (χ0n) is 15.5. The first-order valence-corrected chi connectivity index (χ1v) is 8.98. The van der Waals surface area contributed by atoms with E-state index in [2.05, 4.69) is 20.1 Å². The Morgan fingerprint density at radius 2 is 2.28 bits per heavy atom. The number of likely N-dealkylation sites (N-methyl/N-ethyl adjacent to an activating group) is 1. The van der Waals surface area contributed by atoms with Crippen LogP contribution in [0.15, 0.2) is 29.3 Å². The van der Waals surface area contributed by atoms with Crippen LogP contribution in [0.5, 0.6) is 0 Å². The molecule has 1 spiro atoms. The van der Waals surface area contributed by atoms with Gasteiger partial charge in [-0.25, -0.2) is 4.39 Å². The molecule has 2 aliphatic rings. The first-order chi connectivity index (χ1) is 12.0. The van der Waals surface area contributed by atoms with Crippen LogP contribution in [-0.2, 0) is 4.74 Å². The molecule has 0 saturated carbocycles. The fourth-order valence-electron chi connectivity index (χ4n) is 3.92. The van der Waals surface area contributed by atoms with Crippen LogP contribution in [0.2, 0.25) is 0 Å². The van der Waals surface area contributed by atoms with E-state index in [4.69, 9.17) is 4.74 Å². The summed E-state index contributed by atoms with van der Waals surface area (Å²) in [4.78, 5) is 8.89. The number of hydrogen-bond donors (Lipinski definition) is 1. The van der Waals surface area contributed by atoms with E-state index >= 15 is 0 Å². The highest BCUT2D eigenvalue weighted by Crippen LogP contribution is 2.38. The van der Waals surface area contributed by atoms with Crippen molar-refractivity contribution >= 4 is 5.96 Å². The standard InChI is InChI=1S/C19H29FN4O/c1-21-18(24-9-7-19(13-24)8-10-25-14-19)22-12-17(23(2)3)15-5-4-6-16(20)11-15/h4-6,11,17H,7-10,12-14H2,1-3H3,(H,21,22). The van der Waals surface area contributed by atoms with Gasteiger partial charge in [-0.15, -0.1) is 0 Å². The number of guanidine groups is 1. The second-order valence-electron chi connectivity index (χ2n) is 7.44. The molecular formula is C19H29FN4O. The summed E-state index contributed by atoms with van der Waals surface area (Å²) < 4.78 is 19.2. The molecule has 2 saturated heterocycles. The molecule has 1 aromatic carbocycles. The molecule has 138 valence electrons. The predicted octanol–water partition coefficient (Wildman–Crippen LogP) is 2.12. The highest BCUT2D eigenvalue weighted by molar-refractivity contribution is 5.80. The predicted molar refractivity (Wildman–Crippen MR) is 98.2 cm³/mol. The molecule has 2 unspecified atom stereocenters. The second kappa shape index (κ2) is 7.70. The number of likely N-dealkylation sites (tertiary alicyclic amines) is 1. The Morgan fingerprint density at radius 3 is 2.92 bits per heavy atom. The van der Waals surface area contributed by atoms with E-state index < -0.39 is 0 Å². The maximum absolute atomic E-state index is 13.6. The quantitative estimate of drug-likeness (QED) is 0.668. The van der Waals surface area contributed by atoms with Gasteiger partial charge in [-0.3, -0.25) is 4.99 Å². The number of halogens is 1. The van der Waals surface area contributed by atoms with Crippen molar-refractivity contribution in [1.82, 2.24) is 15.1 Å². The van der Waals surface area contributed by atoms with Crippen molar-refractivity contribution in [2.45, 2.75) is 18.9 Å². The summed E-state index contributed by atoms with van der Waals surface area (Å²) in [7, 11) is 5.85. The number of nitrogens with zero attached hydrogens (tertiary/aromatic N) is 3. The maximum atomic E-state index is 13.6. The Hall–Kier alpha value is -1.66. The van der Waals surface area contributed by atoms with Crippen molar-refractivity contribution in [3.05, 3.63) is 35.6 Å². The summed E-state index contributed by atoms with van der Waals surface area (Å²) >= 11 is 0. The van der Waals surface area contributed by atoms with Crippen LogP contribution in [-0.4, -0.2) is 69.8 Å². The number of nitrogens with one attached hydrogen (secondary N) is 1. The Bertz CT molecular complexity index is 613. The van der Waals surface area contributed by atoms with Gasteiger partial charge in [0.15, 0.2) is 5.96 Å². The van der Waals surface area contributed by atoms with Crippen molar-refractivity contribution in [2.24, 2.45) is 10.4 Å². The topological polar surface area (TPSA) is 40.1 Å². The van der Waals surface area contributed by atoms with E-state index in [0.29, 0.717) is 12.0 Å². The minimum Gasteiger partial charge on any atom is -0.381 e. The van der Waals surface area contributed by atoms with Crippen LogP contribution < -0.4 is 5.32 Å². The van der Waals surface area contributed by atoms with Crippen LogP contribution in [0.1, 0.15) is 24.4 Å². The Kier molecular flexibility index (Phi) is 5.59. The third kappa shape index (κ3) is 4.12. The fraction of sp³-hybridized carbons (Fsp3) is 0.632. The normalized spacial score (nSPS) is 25.2. The van der Waals surface area contributed by atoms with E-state index in [1.807, 2.05) is 27.2 Å². The number of aliphatic imine (C=N–C) groups is 1. The van der Waals surface area contributed by atoms with E-state index in [-0.39, 0.29) is 11.9 Å². The lowest BCUT2D eigenvalue weighted by molar-refractivity contribution is 0.156. The molecule has 2 atom stereocenters. The van der Waals surface area contributed by atoms with Crippen LogP contribution in [0, 0.1) is 11.2 Å². The van der Waals surface area contributed by atoms with Gasteiger partial charge >= 0.3 is 0 Å². The van der Waals surface area contributed by atoms with Crippen molar-refractivity contribution in [2.75, 3.05) is 54.0 Å². The number of rotatable bonds is 4. The average Bonchev–Trinajstić information content (AvgIpc) is 3.22. The van der Waals surface area contributed by atoms with Gasteiger partial charge in [0.1, 0.15) is 5.82 Å². The minimum absolute atomic E-state index is 0.0822. The Labute approximate surface area is 149 Å². The molecule has 0 bridgehead atoms. The molecule has 2 aliphatic heterocycles. The molecule has 1 N–H and O–H groups in total. The number of hydrogen-bond acceptors (Lipinski definition) is 3. The van der Waals surface area contributed by atoms with E-state index in [1.54, 1.807) is 12.1 Å². The summed E-state index contributed by atoms with van der Waals surface area (Å²) in [5.74, 6) is 0.725. The van der Waals surface area contributed by atoms with Crippen LogP contribution in [0.3, 0.4) is 0 Å². The zero-order valence-corrected chi connectivity index (χ0v) is 15.5. The second-order valence-corrected chi connectivity index (χ2v) is 7.44. The number of ether oxygens (including phenoxy) is 1. The van der Waals surface area contributed by atoms with Gasteiger partial charge < -0.3 is 19.9 Å². The van der Waals surface area contributed by atoms with E-state index in [1.165, 1.54) is 6.07 Å². The van der Waals surface area contributed by atoms with Gasteiger partial charge in [-0.05, 0) is 44.6 Å². The lowest BCUT2D eigenvalue weighted by atomic mass is 9.87. The van der Waals surface area contributed by atoms with Crippen LogP contribution >= 0.6 is 0 Å². The van der Waals surface area contributed by atoms with Crippen molar-refractivity contribution in [3.8, 4) is 0 Å². The van der Waals surface area contributed by atoms with Gasteiger partial charge in [0.2, 0.25) is 0 Å². The molecule has 2 fully saturated rings. The van der Waals surface area contributed by atoms with Crippen molar-refractivity contribution < 1.29 is 9.13 Å². The molecule has 25 heavy (non-hydrogen) atoms. The molecule has 0 aromatic heterocycles. The Balaban J connectivity index is 1.63. The SMILES string of the molecule is CN=C(NCC(c1cccc(F)c1)N(C)C)N1CCC2(CCOC2)C1. The molecular weight excluding hydrogens is 319 g/mol. The fourth-order valence-corrected chi connectivity index (χ4v) is 3.92. The molecule has 0 aliphatic carbocycles. The first kappa shape index (κ1) is 18.1. The third-order valence-corrected chi connectivity index (χ3v) is 5.44. The highest BCUT2D eigenvalue weighted by Gasteiger charge is 2.42.